The quantitative estimate of drug-likeness (QED) is 0.804. The van der Waals surface area contributed by atoms with Gasteiger partial charge < -0.3 is 5.32 Å². The first-order valence-corrected chi connectivity index (χ1v) is 6.99. The van der Waals surface area contributed by atoms with Crippen LogP contribution in [-0.4, -0.2) is 39.3 Å². The second-order valence-electron chi connectivity index (χ2n) is 5.39. The summed E-state index contributed by atoms with van der Waals surface area (Å²) < 4.78 is 13.6. The molecule has 1 saturated heterocycles. The van der Waals surface area contributed by atoms with E-state index in [4.69, 9.17) is 0 Å². The van der Waals surface area contributed by atoms with Crippen molar-refractivity contribution in [2.45, 2.75) is 40.2 Å². The Morgan fingerprint density at radius 2 is 2.12 bits per heavy atom. The van der Waals surface area contributed by atoms with Crippen LogP contribution < -0.4 is 5.32 Å². The fourth-order valence-electron chi connectivity index (χ4n) is 1.75. The highest BCUT2D eigenvalue weighted by molar-refractivity contribution is 7.82. The smallest absolute Gasteiger partial charge is 0.217 e. The van der Waals surface area contributed by atoms with Gasteiger partial charge in [-0.25, -0.2) is 8.51 Å². The predicted octanol–water partition coefficient (Wildman–Crippen LogP) is 0.907. The van der Waals surface area contributed by atoms with Gasteiger partial charge in [0.2, 0.25) is 5.91 Å². The van der Waals surface area contributed by atoms with Gasteiger partial charge >= 0.3 is 0 Å². The standard InChI is InChI=1S/C11H22N2O2S/c1-9(14)12-10(11(2,3)4)8-13-6-5-7-16(13)15/h10H,5-8H2,1-4H3,(H,12,14)/t10-,16?/m1/s1. The largest absolute Gasteiger partial charge is 0.352 e. The van der Waals surface area contributed by atoms with Crippen LogP contribution in [0, 0.1) is 5.41 Å². The first kappa shape index (κ1) is 13.6. The van der Waals surface area contributed by atoms with Crippen molar-refractivity contribution in [2.24, 2.45) is 5.41 Å². The molecule has 0 saturated carbocycles. The maximum Gasteiger partial charge on any atom is 0.217 e. The summed E-state index contributed by atoms with van der Waals surface area (Å²) in [6.07, 6.45) is 0.990. The summed E-state index contributed by atoms with van der Waals surface area (Å²) in [4.78, 5) is 11.2. The van der Waals surface area contributed by atoms with Crippen molar-refractivity contribution < 1.29 is 9.00 Å². The van der Waals surface area contributed by atoms with Gasteiger partial charge in [0, 0.05) is 31.8 Å². The average molecular weight is 246 g/mol. The number of nitrogens with one attached hydrogen (secondary N) is 1. The van der Waals surface area contributed by atoms with Crippen LogP contribution in [0.5, 0.6) is 0 Å². The zero-order chi connectivity index (χ0) is 12.3. The van der Waals surface area contributed by atoms with Crippen molar-refractivity contribution in [1.29, 1.82) is 0 Å². The van der Waals surface area contributed by atoms with E-state index in [9.17, 15) is 9.00 Å². The summed E-state index contributed by atoms with van der Waals surface area (Å²) >= 11 is 0. The lowest BCUT2D eigenvalue weighted by molar-refractivity contribution is -0.120. The number of hydrogen-bond donors (Lipinski definition) is 1. The average Bonchev–Trinajstić information content (AvgIpc) is 2.48. The summed E-state index contributed by atoms with van der Waals surface area (Å²) in [5.74, 6) is 0.738. The molecule has 0 aromatic rings. The number of hydrogen-bond acceptors (Lipinski definition) is 2. The van der Waals surface area contributed by atoms with Crippen LogP contribution in [0.1, 0.15) is 34.1 Å². The molecule has 1 rings (SSSR count). The van der Waals surface area contributed by atoms with Gasteiger partial charge in [-0.1, -0.05) is 20.8 Å². The van der Waals surface area contributed by atoms with E-state index in [-0.39, 0.29) is 17.4 Å². The molecule has 0 bridgehead atoms. The molecular formula is C11H22N2O2S. The maximum atomic E-state index is 11.6. The molecule has 1 aliphatic heterocycles. The highest BCUT2D eigenvalue weighted by atomic mass is 32.2. The molecule has 0 spiro atoms. The normalized spacial score (nSPS) is 24.4. The van der Waals surface area contributed by atoms with E-state index >= 15 is 0 Å². The van der Waals surface area contributed by atoms with Gasteiger partial charge in [-0.15, -0.1) is 0 Å². The van der Waals surface area contributed by atoms with Crippen LogP contribution in [0.25, 0.3) is 0 Å². The lowest BCUT2D eigenvalue weighted by atomic mass is 9.86. The molecule has 16 heavy (non-hydrogen) atoms. The molecule has 1 heterocycles. The molecule has 0 radical (unpaired) electrons. The number of amides is 1. The van der Waals surface area contributed by atoms with Crippen molar-refractivity contribution in [3.05, 3.63) is 0 Å². The highest BCUT2D eigenvalue weighted by Gasteiger charge is 2.30. The summed E-state index contributed by atoms with van der Waals surface area (Å²) in [6, 6.07) is 0.0482. The summed E-state index contributed by atoms with van der Waals surface area (Å²) in [5.41, 5.74) is -0.0154. The molecule has 0 aliphatic carbocycles. The van der Waals surface area contributed by atoms with Crippen LogP contribution >= 0.6 is 0 Å². The SMILES string of the molecule is CC(=O)N[C@H](CN1CCCS1=O)C(C)(C)C. The van der Waals surface area contributed by atoms with E-state index in [2.05, 4.69) is 26.1 Å². The summed E-state index contributed by atoms with van der Waals surface area (Å²) in [7, 11) is -0.849. The Bertz CT molecular complexity index is 286. The minimum Gasteiger partial charge on any atom is -0.352 e. The van der Waals surface area contributed by atoms with Gasteiger partial charge in [0.25, 0.3) is 0 Å². The lowest BCUT2D eigenvalue weighted by Gasteiger charge is -2.33. The van der Waals surface area contributed by atoms with Gasteiger partial charge in [-0.05, 0) is 11.8 Å². The van der Waals surface area contributed by atoms with E-state index in [0.717, 1.165) is 18.7 Å². The maximum absolute atomic E-state index is 11.6. The van der Waals surface area contributed by atoms with Crippen molar-refractivity contribution in [3.63, 3.8) is 0 Å². The van der Waals surface area contributed by atoms with Crippen LogP contribution in [0.4, 0.5) is 0 Å². The lowest BCUT2D eigenvalue weighted by Crippen LogP contribution is -2.49. The van der Waals surface area contributed by atoms with E-state index in [1.165, 1.54) is 6.92 Å². The number of carbonyl (C=O) groups excluding carboxylic acids is 1. The minimum absolute atomic E-state index is 0.0154. The molecule has 1 aliphatic rings. The van der Waals surface area contributed by atoms with Crippen LogP contribution in [0.15, 0.2) is 0 Å². The Hall–Kier alpha value is -0.420. The Morgan fingerprint density at radius 1 is 1.50 bits per heavy atom. The third-order valence-corrected chi connectivity index (χ3v) is 4.37. The van der Waals surface area contributed by atoms with E-state index in [1.807, 2.05) is 4.31 Å². The summed E-state index contributed by atoms with van der Waals surface area (Å²) in [6.45, 7) is 9.35. The Balaban J connectivity index is 2.63. The second-order valence-corrected chi connectivity index (χ2v) is 6.95. The molecule has 0 aromatic carbocycles. The van der Waals surface area contributed by atoms with Crippen LogP contribution in [0.3, 0.4) is 0 Å². The molecule has 0 aromatic heterocycles. The molecule has 4 nitrogen and oxygen atoms in total. The highest BCUT2D eigenvalue weighted by Crippen LogP contribution is 2.22. The molecule has 1 amide bonds. The van der Waals surface area contributed by atoms with Crippen LogP contribution in [0.2, 0.25) is 0 Å². The first-order chi connectivity index (χ1) is 7.30. The van der Waals surface area contributed by atoms with Gasteiger partial charge in [0.1, 0.15) is 0 Å². The molecule has 94 valence electrons. The zero-order valence-electron chi connectivity index (χ0n) is 10.6. The monoisotopic (exact) mass is 246 g/mol. The second kappa shape index (κ2) is 5.27. The topological polar surface area (TPSA) is 49.4 Å². The Kier molecular flexibility index (Phi) is 4.50. The zero-order valence-corrected chi connectivity index (χ0v) is 11.4. The van der Waals surface area contributed by atoms with Crippen molar-refractivity contribution in [1.82, 2.24) is 9.62 Å². The van der Waals surface area contributed by atoms with Gasteiger partial charge in [-0.3, -0.25) is 4.79 Å². The molecule has 1 unspecified atom stereocenters. The fourth-order valence-corrected chi connectivity index (χ4v) is 3.04. The molecule has 5 heteroatoms. The Morgan fingerprint density at radius 3 is 2.50 bits per heavy atom. The van der Waals surface area contributed by atoms with Gasteiger partial charge in [-0.2, -0.15) is 0 Å². The third kappa shape index (κ3) is 3.87. The Labute approximate surface area is 100 Å². The number of rotatable bonds is 3. The molecular weight excluding hydrogens is 224 g/mol. The first-order valence-electron chi connectivity index (χ1n) is 5.71. The number of nitrogens with zero attached hydrogens (tertiary/aromatic N) is 1. The third-order valence-electron chi connectivity index (χ3n) is 2.82. The fraction of sp³-hybridized carbons (Fsp3) is 0.909. The van der Waals surface area contributed by atoms with Gasteiger partial charge in [0.05, 0.1) is 11.0 Å². The van der Waals surface area contributed by atoms with Crippen molar-refractivity contribution in [3.8, 4) is 0 Å². The molecule has 1 fully saturated rings. The minimum atomic E-state index is -0.849. The summed E-state index contributed by atoms with van der Waals surface area (Å²) in [5, 5.41) is 2.95. The van der Waals surface area contributed by atoms with Crippen LogP contribution in [-0.2, 0) is 15.8 Å². The van der Waals surface area contributed by atoms with Crippen molar-refractivity contribution in [2.75, 3.05) is 18.8 Å². The van der Waals surface area contributed by atoms with E-state index in [0.29, 0.717) is 6.54 Å². The van der Waals surface area contributed by atoms with E-state index in [1.54, 1.807) is 0 Å². The van der Waals surface area contributed by atoms with Gasteiger partial charge in [0.15, 0.2) is 0 Å². The van der Waals surface area contributed by atoms with Crippen molar-refractivity contribution >= 4 is 16.9 Å². The molecule has 1 N–H and O–H groups in total. The van der Waals surface area contributed by atoms with E-state index < -0.39 is 11.0 Å². The molecule has 2 atom stereocenters. The number of carbonyl (C=O) groups is 1. The predicted molar refractivity (Wildman–Crippen MR) is 66.3 cm³/mol.